The Bertz CT molecular complexity index is 460. The van der Waals surface area contributed by atoms with Gasteiger partial charge in [0.25, 0.3) is 5.91 Å². The zero-order valence-corrected chi connectivity index (χ0v) is 12.6. The summed E-state index contributed by atoms with van der Waals surface area (Å²) in [6, 6.07) is 7.82. The molecule has 0 aliphatic carbocycles. The van der Waals surface area contributed by atoms with Crippen molar-refractivity contribution in [2.45, 2.75) is 26.3 Å². The number of ether oxygens (including phenoxy) is 1. The van der Waals surface area contributed by atoms with E-state index < -0.39 is 0 Å². The zero-order chi connectivity index (χ0) is 14.5. The first-order valence-corrected chi connectivity index (χ1v) is 7.27. The molecule has 1 heterocycles. The number of methoxy groups -OCH3 is 1. The highest BCUT2D eigenvalue weighted by molar-refractivity contribution is 5.97. The summed E-state index contributed by atoms with van der Waals surface area (Å²) in [6.45, 7) is 6.81. The Hall–Kier alpha value is -1.55. The van der Waals surface area contributed by atoms with Crippen molar-refractivity contribution in [3.63, 3.8) is 0 Å². The van der Waals surface area contributed by atoms with E-state index in [1.165, 1.54) is 0 Å². The monoisotopic (exact) mass is 276 g/mol. The Morgan fingerprint density at radius 2 is 2.20 bits per heavy atom. The Morgan fingerprint density at radius 3 is 2.90 bits per heavy atom. The van der Waals surface area contributed by atoms with Crippen molar-refractivity contribution in [1.29, 1.82) is 0 Å². The number of carbonyl (C=O) groups is 1. The van der Waals surface area contributed by atoms with Gasteiger partial charge >= 0.3 is 0 Å². The maximum Gasteiger partial charge on any atom is 0.257 e. The van der Waals surface area contributed by atoms with Crippen molar-refractivity contribution in [2.75, 3.05) is 26.7 Å². The summed E-state index contributed by atoms with van der Waals surface area (Å²) in [5.41, 5.74) is 0.653. The van der Waals surface area contributed by atoms with Gasteiger partial charge in [-0.2, -0.15) is 0 Å². The lowest BCUT2D eigenvalue weighted by Crippen LogP contribution is -2.53. The van der Waals surface area contributed by atoms with E-state index in [0.29, 0.717) is 23.3 Å². The molecule has 0 bridgehead atoms. The first-order chi connectivity index (χ1) is 9.61. The molecule has 2 rings (SSSR count). The average molecular weight is 276 g/mol. The number of benzene rings is 1. The summed E-state index contributed by atoms with van der Waals surface area (Å²) in [5, 5.41) is 3.49. The quantitative estimate of drug-likeness (QED) is 0.916. The molecule has 1 aromatic carbocycles. The van der Waals surface area contributed by atoms with Crippen molar-refractivity contribution < 1.29 is 9.53 Å². The van der Waals surface area contributed by atoms with E-state index in [4.69, 9.17) is 4.74 Å². The molecule has 1 amide bonds. The topological polar surface area (TPSA) is 41.6 Å². The van der Waals surface area contributed by atoms with Gasteiger partial charge in [0, 0.05) is 25.7 Å². The fourth-order valence-electron chi connectivity index (χ4n) is 2.73. The second kappa shape index (κ2) is 6.75. The van der Waals surface area contributed by atoms with Gasteiger partial charge in [-0.1, -0.05) is 26.0 Å². The van der Waals surface area contributed by atoms with Gasteiger partial charge in [0.05, 0.1) is 12.7 Å². The minimum absolute atomic E-state index is 0.0673. The second-order valence-electron chi connectivity index (χ2n) is 5.73. The van der Waals surface area contributed by atoms with Gasteiger partial charge in [-0.05, 0) is 24.5 Å². The van der Waals surface area contributed by atoms with E-state index in [1.54, 1.807) is 7.11 Å². The van der Waals surface area contributed by atoms with Gasteiger partial charge in [-0.15, -0.1) is 0 Å². The zero-order valence-electron chi connectivity index (χ0n) is 12.6. The molecule has 20 heavy (non-hydrogen) atoms. The minimum Gasteiger partial charge on any atom is -0.496 e. The summed E-state index contributed by atoms with van der Waals surface area (Å²) in [5.74, 6) is 1.35. The number of piperazine rings is 1. The summed E-state index contributed by atoms with van der Waals surface area (Å²) in [4.78, 5) is 14.6. The van der Waals surface area contributed by atoms with Crippen LogP contribution < -0.4 is 10.1 Å². The number of hydrogen-bond donors (Lipinski definition) is 1. The van der Waals surface area contributed by atoms with E-state index in [1.807, 2.05) is 29.2 Å². The normalized spacial score (nSPS) is 19.2. The standard InChI is InChI=1S/C16H24N2O2/c1-12(2)10-13-11-18(9-8-17-13)16(19)14-6-4-5-7-15(14)20-3/h4-7,12-13,17H,8-11H2,1-3H3. The van der Waals surface area contributed by atoms with Crippen LogP contribution in [0.5, 0.6) is 5.75 Å². The molecule has 0 aromatic heterocycles. The highest BCUT2D eigenvalue weighted by atomic mass is 16.5. The molecule has 1 fully saturated rings. The first kappa shape index (κ1) is 14.9. The molecule has 1 aliphatic heterocycles. The van der Waals surface area contributed by atoms with E-state index in [-0.39, 0.29) is 5.91 Å². The fraction of sp³-hybridized carbons (Fsp3) is 0.562. The Labute approximate surface area is 121 Å². The van der Waals surface area contributed by atoms with Gasteiger partial charge in [0.15, 0.2) is 0 Å². The molecule has 0 radical (unpaired) electrons. The number of hydrogen-bond acceptors (Lipinski definition) is 3. The third kappa shape index (κ3) is 3.51. The number of nitrogens with zero attached hydrogens (tertiary/aromatic N) is 1. The lowest BCUT2D eigenvalue weighted by atomic mass is 10.0. The maximum atomic E-state index is 12.6. The smallest absolute Gasteiger partial charge is 0.257 e. The largest absolute Gasteiger partial charge is 0.496 e. The summed E-state index contributed by atoms with van der Waals surface area (Å²) < 4.78 is 5.29. The van der Waals surface area contributed by atoms with Crippen molar-refractivity contribution >= 4 is 5.91 Å². The summed E-state index contributed by atoms with van der Waals surface area (Å²) in [7, 11) is 1.60. The van der Waals surface area contributed by atoms with Crippen molar-refractivity contribution in [1.82, 2.24) is 10.2 Å². The number of rotatable bonds is 4. The molecule has 0 saturated carbocycles. The predicted octanol–water partition coefficient (Wildman–Crippen LogP) is 2.16. The Kier molecular flexibility index (Phi) is 5.01. The van der Waals surface area contributed by atoms with Crippen LogP contribution in [0, 0.1) is 5.92 Å². The fourth-order valence-corrected chi connectivity index (χ4v) is 2.73. The van der Waals surface area contributed by atoms with Crippen molar-refractivity contribution in [3.8, 4) is 5.75 Å². The highest BCUT2D eigenvalue weighted by Gasteiger charge is 2.25. The van der Waals surface area contributed by atoms with E-state index in [2.05, 4.69) is 19.2 Å². The summed E-state index contributed by atoms with van der Waals surface area (Å²) in [6.07, 6.45) is 1.09. The molecule has 0 spiro atoms. The van der Waals surface area contributed by atoms with Crippen molar-refractivity contribution in [3.05, 3.63) is 29.8 Å². The maximum absolute atomic E-state index is 12.6. The van der Waals surface area contributed by atoms with Gasteiger partial charge in [-0.3, -0.25) is 4.79 Å². The Morgan fingerprint density at radius 1 is 1.45 bits per heavy atom. The molecule has 110 valence electrons. The van der Waals surface area contributed by atoms with Crippen LogP contribution >= 0.6 is 0 Å². The molecule has 4 heteroatoms. The SMILES string of the molecule is COc1ccccc1C(=O)N1CCNC(CC(C)C)C1. The molecule has 1 unspecified atom stereocenters. The van der Waals surface area contributed by atoms with Crippen LogP contribution in [-0.2, 0) is 0 Å². The van der Waals surface area contributed by atoms with Crippen LogP contribution in [0.2, 0.25) is 0 Å². The van der Waals surface area contributed by atoms with Crippen LogP contribution in [-0.4, -0.2) is 43.6 Å². The number of amides is 1. The predicted molar refractivity (Wildman–Crippen MR) is 80.1 cm³/mol. The number of nitrogens with one attached hydrogen (secondary N) is 1. The number of para-hydroxylation sites is 1. The number of carbonyl (C=O) groups excluding carboxylic acids is 1. The van der Waals surface area contributed by atoms with E-state index in [9.17, 15) is 4.79 Å². The van der Waals surface area contributed by atoms with Crippen LogP contribution in [0.3, 0.4) is 0 Å². The van der Waals surface area contributed by atoms with E-state index >= 15 is 0 Å². The molecule has 1 aliphatic rings. The van der Waals surface area contributed by atoms with Crippen LogP contribution in [0.25, 0.3) is 0 Å². The van der Waals surface area contributed by atoms with Gasteiger partial charge in [0.1, 0.15) is 5.75 Å². The van der Waals surface area contributed by atoms with Gasteiger partial charge < -0.3 is 15.0 Å². The first-order valence-electron chi connectivity index (χ1n) is 7.27. The third-order valence-corrected chi connectivity index (χ3v) is 3.64. The van der Waals surface area contributed by atoms with Gasteiger partial charge in [-0.25, -0.2) is 0 Å². The molecular formula is C16H24N2O2. The van der Waals surface area contributed by atoms with Gasteiger partial charge in [0.2, 0.25) is 0 Å². The van der Waals surface area contributed by atoms with E-state index in [0.717, 1.165) is 26.1 Å². The lowest BCUT2D eigenvalue weighted by molar-refractivity contribution is 0.0691. The molecule has 1 atom stereocenters. The molecule has 1 saturated heterocycles. The third-order valence-electron chi connectivity index (χ3n) is 3.64. The minimum atomic E-state index is 0.0673. The molecular weight excluding hydrogens is 252 g/mol. The van der Waals surface area contributed by atoms with Crippen LogP contribution in [0.4, 0.5) is 0 Å². The molecule has 1 N–H and O–H groups in total. The molecule has 4 nitrogen and oxygen atoms in total. The second-order valence-corrected chi connectivity index (χ2v) is 5.73. The average Bonchev–Trinajstić information content (AvgIpc) is 2.46. The van der Waals surface area contributed by atoms with Crippen LogP contribution in [0.15, 0.2) is 24.3 Å². The van der Waals surface area contributed by atoms with Crippen molar-refractivity contribution in [2.24, 2.45) is 5.92 Å². The Balaban J connectivity index is 2.08. The lowest BCUT2D eigenvalue weighted by Gasteiger charge is -2.34. The summed E-state index contributed by atoms with van der Waals surface area (Å²) >= 11 is 0. The molecule has 1 aromatic rings. The highest BCUT2D eigenvalue weighted by Crippen LogP contribution is 2.20. The van der Waals surface area contributed by atoms with Crippen LogP contribution in [0.1, 0.15) is 30.6 Å².